The first-order chi connectivity index (χ1) is 7.02. The molecule has 0 atom stereocenters. The van der Waals surface area contributed by atoms with Crippen LogP contribution >= 0.6 is 0 Å². The Morgan fingerprint density at radius 3 is 2.73 bits per heavy atom. The van der Waals surface area contributed by atoms with E-state index in [0.29, 0.717) is 17.5 Å². The smallest absolute Gasteiger partial charge is 0.126 e. The van der Waals surface area contributed by atoms with Crippen molar-refractivity contribution in [3.8, 4) is 5.75 Å². The van der Waals surface area contributed by atoms with Gasteiger partial charge in [-0.2, -0.15) is 0 Å². The Bertz CT molecular complexity index is 385. The predicted molar refractivity (Wildman–Crippen MR) is 57.3 cm³/mol. The zero-order valence-corrected chi connectivity index (χ0v) is 8.89. The lowest BCUT2D eigenvalue weighted by Crippen LogP contribution is -2.22. The van der Waals surface area contributed by atoms with Gasteiger partial charge >= 0.3 is 0 Å². The normalized spacial score (nSPS) is 17.8. The Morgan fingerprint density at radius 2 is 2.13 bits per heavy atom. The van der Waals surface area contributed by atoms with Gasteiger partial charge in [0.05, 0.1) is 0 Å². The molecule has 1 aromatic carbocycles. The van der Waals surface area contributed by atoms with E-state index in [0.717, 1.165) is 19.3 Å². The highest BCUT2D eigenvalue weighted by Gasteiger charge is 2.37. The van der Waals surface area contributed by atoms with Crippen molar-refractivity contribution >= 4 is 0 Å². The van der Waals surface area contributed by atoms with Crippen molar-refractivity contribution in [1.29, 1.82) is 0 Å². The van der Waals surface area contributed by atoms with Crippen molar-refractivity contribution in [1.82, 2.24) is 0 Å². The van der Waals surface area contributed by atoms with Crippen LogP contribution in [0.15, 0.2) is 12.1 Å². The Balaban J connectivity index is 2.16. The third-order valence-corrected chi connectivity index (χ3v) is 3.27. The minimum atomic E-state index is -0.260. The number of hydrogen-bond acceptors (Lipinski definition) is 2. The van der Waals surface area contributed by atoms with Crippen LogP contribution < -0.4 is 5.73 Å². The summed E-state index contributed by atoms with van der Waals surface area (Å²) < 4.78 is 13.3. The molecule has 0 aliphatic heterocycles. The van der Waals surface area contributed by atoms with Crippen LogP contribution in [0.25, 0.3) is 0 Å². The average molecular weight is 209 g/mol. The quantitative estimate of drug-likeness (QED) is 0.802. The fourth-order valence-corrected chi connectivity index (χ4v) is 1.81. The van der Waals surface area contributed by atoms with Crippen LogP contribution in [-0.4, -0.2) is 10.6 Å². The summed E-state index contributed by atoms with van der Waals surface area (Å²) in [6.07, 6.45) is 3.57. The third kappa shape index (κ3) is 2.12. The standard InChI is InChI=1S/C12H16FNO/c1-8-9(4-5-12(14)6-7-12)11(15)3-2-10(8)13/h2-3,15H,4-7,14H2,1H3. The van der Waals surface area contributed by atoms with Gasteiger partial charge in [-0.25, -0.2) is 4.39 Å². The highest BCUT2D eigenvalue weighted by atomic mass is 19.1. The number of benzene rings is 1. The summed E-state index contributed by atoms with van der Waals surface area (Å²) in [5.74, 6) is -0.0807. The molecule has 0 radical (unpaired) electrons. The van der Waals surface area contributed by atoms with Crippen molar-refractivity contribution in [2.75, 3.05) is 0 Å². The minimum absolute atomic E-state index is 0.0504. The van der Waals surface area contributed by atoms with E-state index in [4.69, 9.17) is 5.73 Å². The van der Waals surface area contributed by atoms with Gasteiger partial charge in [0.1, 0.15) is 11.6 Å². The van der Waals surface area contributed by atoms with Crippen molar-refractivity contribution in [2.24, 2.45) is 5.73 Å². The number of nitrogens with two attached hydrogens (primary N) is 1. The summed E-state index contributed by atoms with van der Waals surface area (Å²) in [6, 6.07) is 2.71. The van der Waals surface area contributed by atoms with Gasteiger partial charge in [0.15, 0.2) is 0 Å². The van der Waals surface area contributed by atoms with Gasteiger partial charge in [-0.3, -0.25) is 0 Å². The zero-order chi connectivity index (χ0) is 11.1. The number of hydrogen-bond donors (Lipinski definition) is 2. The highest BCUT2D eigenvalue weighted by molar-refractivity contribution is 5.39. The molecule has 0 amide bonds. The Morgan fingerprint density at radius 1 is 1.47 bits per heavy atom. The van der Waals surface area contributed by atoms with Gasteiger partial charge in [-0.1, -0.05) is 0 Å². The molecular formula is C12H16FNO. The van der Waals surface area contributed by atoms with Crippen molar-refractivity contribution in [3.63, 3.8) is 0 Å². The van der Waals surface area contributed by atoms with Crippen LogP contribution in [0.5, 0.6) is 5.75 Å². The SMILES string of the molecule is Cc1c(F)ccc(O)c1CCC1(N)CC1. The van der Waals surface area contributed by atoms with Gasteiger partial charge in [0.25, 0.3) is 0 Å². The van der Waals surface area contributed by atoms with Crippen molar-refractivity contribution in [3.05, 3.63) is 29.1 Å². The van der Waals surface area contributed by atoms with E-state index in [-0.39, 0.29) is 17.1 Å². The van der Waals surface area contributed by atoms with E-state index in [1.54, 1.807) is 6.92 Å². The molecule has 0 spiro atoms. The lowest BCUT2D eigenvalue weighted by molar-refractivity contribution is 0.460. The molecule has 2 nitrogen and oxygen atoms in total. The fourth-order valence-electron chi connectivity index (χ4n) is 1.81. The highest BCUT2D eigenvalue weighted by Crippen LogP contribution is 2.38. The van der Waals surface area contributed by atoms with Crippen LogP contribution in [0.3, 0.4) is 0 Å². The molecular weight excluding hydrogens is 193 g/mol. The molecule has 1 saturated carbocycles. The first-order valence-corrected chi connectivity index (χ1v) is 5.28. The van der Waals surface area contributed by atoms with Crippen LogP contribution in [0.2, 0.25) is 0 Å². The molecule has 1 fully saturated rings. The van der Waals surface area contributed by atoms with Gasteiger partial charge in [0.2, 0.25) is 0 Å². The molecule has 1 aliphatic carbocycles. The molecule has 3 heteroatoms. The summed E-state index contributed by atoms with van der Waals surface area (Å²) >= 11 is 0. The molecule has 2 rings (SSSR count). The lowest BCUT2D eigenvalue weighted by atomic mass is 9.99. The predicted octanol–water partition coefficient (Wildman–Crippen LogP) is 2.26. The van der Waals surface area contributed by atoms with Crippen molar-refractivity contribution < 1.29 is 9.50 Å². The molecule has 1 aromatic rings. The molecule has 3 N–H and O–H groups in total. The largest absolute Gasteiger partial charge is 0.508 e. The first-order valence-electron chi connectivity index (χ1n) is 5.28. The fraction of sp³-hybridized carbons (Fsp3) is 0.500. The van der Waals surface area contributed by atoms with E-state index in [2.05, 4.69) is 0 Å². The average Bonchev–Trinajstić information content (AvgIpc) is 2.91. The summed E-state index contributed by atoms with van der Waals surface area (Å²) in [7, 11) is 0. The Labute approximate surface area is 88.9 Å². The van der Waals surface area contributed by atoms with E-state index in [1.165, 1.54) is 12.1 Å². The maximum absolute atomic E-state index is 13.3. The summed E-state index contributed by atoms with van der Waals surface area (Å²) in [5, 5.41) is 9.63. The monoisotopic (exact) mass is 209 g/mol. The molecule has 0 bridgehead atoms. The van der Waals surface area contributed by atoms with Crippen molar-refractivity contribution in [2.45, 2.75) is 38.1 Å². The van der Waals surface area contributed by atoms with E-state index in [9.17, 15) is 9.50 Å². The van der Waals surface area contributed by atoms with E-state index >= 15 is 0 Å². The van der Waals surface area contributed by atoms with E-state index < -0.39 is 0 Å². The molecule has 1 aliphatic rings. The number of rotatable bonds is 3. The number of phenolic OH excluding ortho intramolecular Hbond substituents is 1. The molecule has 82 valence electrons. The summed E-state index contributed by atoms with van der Waals surface area (Å²) in [4.78, 5) is 0. The topological polar surface area (TPSA) is 46.2 Å². The Kier molecular flexibility index (Phi) is 2.43. The second kappa shape index (κ2) is 3.49. The van der Waals surface area contributed by atoms with Crippen LogP contribution in [0.4, 0.5) is 4.39 Å². The molecule has 0 unspecified atom stereocenters. The minimum Gasteiger partial charge on any atom is -0.508 e. The van der Waals surface area contributed by atoms with Crippen LogP contribution in [0.1, 0.15) is 30.4 Å². The number of aromatic hydroxyl groups is 1. The third-order valence-electron chi connectivity index (χ3n) is 3.27. The molecule has 0 heterocycles. The zero-order valence-electron chi connectivity index (χ0n) is 8.89. The maximum atomic E-state index is 13.3. The molecule has 0 aromatic heterocycles. The second-order valence-electron chi connectivity index (χ2n) is 4.53. The van der Waals surface area contributed by atoms with E-state index in [1.807, 2.05) is 0 Å². The number of phenols is 1. The van der Waals surface area contributed by atoms with Crippen LogP contribution in [-0.2, 0) is 6.42 Å². The second-order valence-corrected chi connectivity index (χ2v) is 4.53. The number of halogens is 1. The summed E-state index contributed by atoms with van der Waals surface area (Å²) in [5.41, 5.74) is 7.15. The van der Waals surface area contributed by atoms with Gasteiger partial charge in [0, 0.05) is 5.54 Å². The first kappa shape index (κ1) is 10.4. The molecule has 0 saturated heterocycles. The van der Waals surface area contributed by atoms with Crippen LogP contribution in [0, 0.1) is 12.7 Å². The maximum Gasteiger partial charge on any atom is 0.126 e. The van der Waals surface area contributed by atoms with Gasteiger partial charge in [-0.15, -0.1) is 0 Å². The van der Waals surface area contributed by atoms with Gasteiger partial charge in [-0.05, 0) is 55.9 Å². The van der Waals surface area contributed by atoms with Gasteiger partial charge < -0.3 is 10.8 Å². The molecule has 15 heavy (non-hydrogen) atoms. The lowest BCUT2D eigenvalue weighted by Gasteiger charge is -2.12. The Hall–Kier alpha value is -1.09. The summed E-state index contributed by atoms with van der Waals surface area (Å²) in [6.45, 7) is 1.69.